The van der Waals surface area contributed by atoms with Crippen molar-refractivity contribution in [2.24, 2.45) is 0 Å². The Balaban J connectivity index is 0.000000146. The van der Waals surface area contributed by atoms with E-state index in [0.717, 1.165) is 44.7 Å². The van der Waals surface area contributed by atoms with Gasteiger partial charge >= 0.3 is 0 Å². The van der Waals surface area contributed by atoms with E-state index in [1.807, 2.05) is 0 Å². The molecule has 4 heterocycles. The standard InChI is InChI=1S/2C28H27O.2C24H25O.4W/c1-16(2)21-14-24-23-15-22-19(12-11-18-9-7-8-10-20(18)22)13-25(23)29-27(24)17(3)26(21)28(4,5)6;1-16(2)22-15-23-21-14-13-19-12-11-18-9-7-8-10-20(18)24(19)27(21)29-26(23)17(3)25(22)28(4,5)6;1-14(2)18-13-20-19-11-16-9-7-8-10-17(16)12-21(19)25-23(20)15(3)22(18)24(4,5)6;1-14(2)19-13-20-18-12-11-16-9-7-8-10-17(16)23(18)25-22(20)15(3)21(19)24(4,5)6;;;;/h2*7-15H,1-6H3;2*7-13H,1-6H3;;;;/q4*-1;;;;. The maximum absolute atomic E-state index is 6.67. The molecule has 572 valence electrons. The van der Waals surface area contributed by atoms with Crippen LogP contribution in [-0.4, -0.2) is 0 Å². The normalized spacial score (nSPS) is 12.0. The zero-order chi connectivity index (χ0) is 76.9. The number of fused-ring (bicyclic) bond motifs is 22. The van der Waals surface area contributed by atoms with Crippen molar-refractivity contribution in [3.05, 3.63) is 285 Å². The van der Waals surface area contributed by atoms with E-state index in [4.69, 9.17) is 17.7 Å². The fourth-order valence-corrected chi connectivity index (χ4v) is 18.2. The summed E-state index contributed by atoms with van der Waals surface area (Å²) in [5.74, 6) is 5.40. The van der Waals surface area contributed by atoms with Crippen molar-refractivity contribution in [1.82, 2.24) is 0 Å². The summed E-state index contributed by atoms with van der Waals surface area (Å²) in [6.45, 7) is 53.9. The maximum atomic E-state index is 6.67. The van der Waals surface area contributed by atoms with Gasteiger partial charge in [0.15, 0.2) is 0 Å². The summed E-state index contributed by atoms with van der Waals surface area (Å²) in [6.07, 6.45) is 0. The third-order valence-corrected chi connectivity index (χ3v) is 22.7. The number of rotatable bonds is 4. The van der Waals surface area contributed by atoms with Crippen LogP contribution in [0.4, 0.5) is 0 Å². The quantitative estimate of drug-likeness (QED) is 0.130. The predicted molar refractivity (Wildman–Crippen MR) is 468 cm³/mol. The summed E-state index contributed by atoms with van der Waals surface area (Å²) in [6, 6.07) is 70.1. The van der Waals surface area contributed by atoms with E-state index in [1.165, 1.54) is 198 Å². The average molecular weight is 2150 g/mol. The number of hydrogen-bond acceptors (Lipinski definition) is 4. The second kappa shape index (κ2) is 31.7. The van der Waals surface area contributed by atoms with Gasteiger partial charge in [-0.1, -0.05) is 328 Å². The Morgan fingerprint density at radius 1 is 0.214 bits per heavy atom. The van der Waals surface area contributed by atoms with E-state index in [0.29, 0.717) is 0 Å². The number of benzene rings is 14. The van der Waals surface area contributed by atoms with E-state index in [-0.39, 0.29) is 106 Å². The first-order valence-corrected chi connectivity index (χ1v) is 38.7. The average Bonchev–Trinajstić information content (AvgIpc) is 1.59. The Hall–Kier alpha value is -7.93. The van der Waals surface area contributed by atoms with E-state index in [2.05, 4.69) is 360 Å². The Morgan fingerprint density at radius 3 is 0.920 bits per heavy atom. The number of hydrogen-bond donors (Lipinski definition) is 0. The second-order valence-electron chi connectivity index (χ2n) is 35.7. The van der Waals surface area contributed by atoms with Crippen LogP contribution in [0.2, 0.25) is 0 Å². The van der Waals surface area contributed by atoms with Gasteiger partial charge in [-0.2, -0.15) is 70.2 Å². The van der Waals surface area contributed by atoms with E-state index in [9.17, 15) is 0 Å². The van der Waals surface area contributed by atoms with Crippen molar-refractivity contribution in [2.75, 3.05) is 0 Å². The summed E-state index contributed by atoms with van der Waals surface area (Å²) in [5, 5.41) is 24.6. The molecule has 0 saturated carbocycles. The van der Waals surface area contributed by atoms with Gasteiger partial charge in [-0.3, -0.25) is 0 Å². The fourth-order valence-electron chi connectivity index (χ4n) is 18.2. The van der Waals surface area contributed by atoms with Crippen LogP contribution in [0.15, 0.2) is 212 Å². The third kappa shape index (κ3) is 15.0. The Labute approximate surface area is 720 Å². The molecule has 0 unspecified atom stereocenters. The molecule has 0 aliphatic heterocycles. The molecule has 18 rings (SSSR count). The summed E-state index contributed by atoms with van der Waals surface area (Å²) in [5.41, 5.74) is 24.3. The van der Waals surface area contributed by atoms with Crippen molar-refractivity contribution in [2.45, 2.75) is 188 Å². The molecule has 0 spiro atoms. The molecule has 0 fully saturated rings. The zero-order valence-corrected chi connectivity index (χ0v) is 81.5. The van der Waals surface area contributed by atoms with Gasteiger partial charge in [0.1, 0.15) is 44.7 Å². The summed E-state index contributed by atoms with van der Waals surface area (Å²) >= 11 is 0. The molecule has 0 bridgehead atoms. The minimum atomic E-state index is 0. The number of aryl methyl sites for hydroxylation is 4. The van der Waals surface area contributed by atoms with Gasteiger partial charge in [-0.25, -0.2) is 0 Å². The summed E-state index contributed by atoms with van der Waals surface area (Å²) in [7, 11) is 0. The summed E-state index contributed by atoms with van der Waals surface area (Å²) in [4.78, 5) is 0. The molecule has 112 heavy (non-hydrogen) atoms. The fraction of sp³-hybridized carbons (Fsp3) is 0.269. The monoisotopic (exact) mass is 2150 g/mol. The molecule has 4 aromatic heterocycles. The van der Waals surface area contributed by atoms with Crippen LogP contribution in [0, 0.1) is 51.4 Å². The molecule has 0 atom stereocenters. The molecule has 0 aliphatic rings. The smallest absolute Gasteiger partial charge is 0.142 e. The molecule has 18 aromatic rings. The molecular weight excluding hydrogens is 2050 g/mol. The van der Waals surface area contributed by atoms with Crippen LogP contribution in [0.1, 0.15) is 205 Å². The molecule has 0 amide bonds. The minimum Gasteiger partial charge on any atom is -0.458 e. The van der Waals surface area contributed by atoms with Crippen LogP contribution in [0.5, 0.6) is 0 Å². The topological polar surface area (TPSA) is 52.6 Å². The third-order valence-electron chi connectivity index (χ3n) is 22.7. The Kier molecular flexibility index (Phi) is 24.0. The maximum Gasteiger partial charge on any atom is 0.142 e. The van der Waals surface area contributed by atoms with E-state index >= 15 is 0 Å². The van der Waals surface area contributed by atoms with Crippen LogP contribution < -0.4 is 0 Å². The first kappa shape index (κ1) is 85.0. The molecule has 14 aromatic carbocycles. The minimum absolute atomic E-state index is 0. The molecular formula is C104H104O4W4-4. The van der Waals surface area contributed by atoms with Crippen molar-refractivity contribution in [3.63, 3.8) is 0 Å². The first-order chi connectivity index (χ1) is 51.1. The SMILES string of the molecule is Cc1c(C(C)(C)C)c([C-](C)C)cc2c1oc1c2ccc2ccc3ccccc3c21.Cc1c(C(C)(C)C)c([C-](C)C)cc2c1oc1c3ccccc3ccc21.Cc1c(C(C)(C)C)c([C-](C)C)cc2c1oc1cc3ccc4ccccc4c3cc12.Cc1c(C(C)(C)C)c([C-](C)C)cc2c1oc1cc3ccccc3cc12.[W].[W].[W].[W]. The number of furan rings is 4. The van der Waals surface area contributed by atoms with Crippen LogP contribution >= 0.6 is 0 Å². The van der Waals surface area contributed by atoms with Gasteiger partial charge in [-0.05, 0) is 127 Å². The van der Waals surface area contributed by atoms with Gasteiger partial charge in [0.25, 0.3) is 0 Å². The van der Waals surface area contributed by atoms with Crippen LogP contribution in [0.3, 0.4) is 0 Å². The Morgan fingerprint density at radius 2 is 0.500 bits per heavy atom. The van der Waals surface area contributed by atoms with Crippen molar-refractivity contribution in [3.8, 4) is 0 Å². The van der Waals surface area contributed by atoms with Crippen LogP contribution in [-0.2, 0) is 106 Å². The van der Waals surface area contributed by atoms with Crippen molar-refractivity contribution >= 4 is 152 Å². The van der Waals surface area contributed by atoms with Crippen molar-refractivity contribution < 1.29 is 102 Å². The van der Waals surface area contributed by atoms with E-state index in [1.54, 1.807) is 0 Å². The zero-order valence-electron chi connectivity index (χ0n) is 69.7. The van der Waals surface area contributed by atoms with Crippen LogP contribution in [0.25, 0.3) is 152 Å². The van der Waals surface area contributed by atoms with Gasteiger partial charge in [0.2, 0.25) is 0 Å². The first-order valence-electron chi connectivity index (χ1n) is 38.7. The second-order valence-corrected chi connectivity index (χ2v) is 35.7. The molecule has 4 nitrogen and oxygen atoms in total. The van der Waals surface area contributed by atoms with E-state index < -0.39 is 0 Å². The molecule has 0 N–H and O–H groups in total. The molecule has 0 saturated heterocycles. The largest absolute Gasteiger partial charge is 0.458 e. The van der Waals surface area contributed by atoms with Gasteiger partial charge < -0.3 is 17.7 Å². The molecule has 0 radical (unpaired) electrons. The van der Waals surface area contributed by atoms with Gasteiger partial charge in [-0.15, -0.1) is 22.3 Å². The molecule has 0 aliphatic carbocycles. The Bertz CT molecular complexity index is 6600. The summed E-state index contributed by atoms with van der Waals surface area (Å²) < 4.78 is 25.9. The van der Waals surface area contributed by atoms with Gasteiger partial charge in [0, 0.05) is 117 Å². The van der Waals surface area contributed by atoms with Gasteiger partial charge in [0.05, 0.1) is 0 Å². The predicted octanol–water partition coefficient (Wildman–Crippen LogP) is 31.5. The van der Waals surface area contributed by atoms with Crippen molar-refractivity contribution in [1.29, 1.82) is 0 Å². The molecule has 8 heteroatoms.